The number of methoxy groups -OCH3 is 1. The van der Waals surface area contributed by atoms with Crippen LogP contribution < -0.4 is 0 Å². The van der Waals surface area contributed by atoms with Gasteiger partial charge in [-0.2, -0.15) is 0 Å². The van der Waals surface area contributed by atoms with Gasteiger partial charge in [-0.3, -0.25) is 4.79 Å². The van der Waals surface area contributed by atoms with Crippen molar-refractivity contribution in [2.24, 2.45) is 0 Å². The normalized spacial score (nSPS) is 15.4. The van der Waals surface area contributed by atoms with Crippen LogP contribution in [0.2, 0.25) is 5.02 Å². The Morgan fingerprint density at radius 1 is 1.18 bits per heavy atom. The molecule has 1 heterocycles. The maximum Gasteiger partial charge on any atom is 0.410 e. The van der Waals surface area contributed by atoms with E-state index in [0.717, 1.165) is 5.56 Å². The SMILES string of the molecule is CCC(=O)N(Cc1ccc(Cl)cc1)C1(C(=O)OC)CN(C(=O)OC(C)(C)C)C1. The molecule has 0 spiro atoms. The van der Waals surface area contributed by atoms with Crippen LogP contribution in [0.15, 0.2) is 24.3 Å². The second-order valence-electron chi connectivity index (χ2n) is 7.82. The molecule has 0 N–H and O–H groups in total. The molecule has 1 aromatic carbocycles. The molecular formula is C20H27ClN2O5. The second kappa shape index (κ2) is 8.39. The fourth-order valence-corrected chi connectivity index (χ4v) is 3.21. The van der Waals surface area contributed by atoms with Gasteiger partial charge in [0.1, 0.15) is 5.60 Å². The van der Waals surface area contributed by atoms with Crippen LogP contribution in [0.5, 0.6) is 0 Å². The third-order valence-corrected chi connectivity index (χ3v) is 4.75. The Morgan fingerprint density at radius 2 is 1.75 bits per heavy atom. The smallest absolute Gasteiger partial charge is 0.410 e. The minimum atomic E-state index is -1.24. The Balaban J connectivity index is 2.28. The first-order valence-electron chi connectivity index (χ1n) is 9.13. The highest BCUT2D eigenvalue weighted by molar-refractivity contribution is 6.30. The monoisotopic (exact) mass is 410 g/mol. The summed E-state index contributed by atoms with van der Waals surface area (Å²) in [5.41, 5.74) is -1.06. The number of nitrogens with zero attached hydrogens (tertiary/aromatic N) is 2. The molecule has 0 saturated carbocycles. The molecule has 154 valence electrons. The minimum Gasteiger partial charge on any atom is -0.467 e. The molecule has 1 saturated heterocycles. The predicted octanol–water partition coefficient (Wildman–Crippen LogP) is 3.24. The first-order chi connectivity index (χ1) is 13.0. The molecule has 8 heteroatoms. The van der Waals surface area contributed by atoms with Crippen LogP contribution in [0.25, 0.3) is 0 Å². The lowest BCUT2D eigenvalue weighted by molar-refractivity contribution is -0.175. The molecule has 1 fully saturated rings. The molecule has 0 atom stereocenters. The summed E-state index contributed by atoms with van der Waals surface area (Å²) >= 11 is 5.93. The third-order valence-electron chi connectivity index (χ3n) is 4.50. The van der Waals surface area contributed by atoms with Crippen molar-refractivity contribution in [1.82, 2.24) is 9.80 Å². The predicted molar refractivity (Wildman–Crippen MR) is 105 cm³/mol. The Bertz CT molecular complexity index is 736. The summed E-state index contributed by atoms with van der Waals surface area (Å²) in [5.74, 6) is -0.757. The molecule has 2 amide bonds. The zero-order chi connectivity index (χ0) is 21.1. The molecule has 0 radical (unpaired) electrons. The molecule has 0 unspecified atom stereocenters. The summed E-state index contributed by atoms with van der Waals surface area (Å²) in [6.45, 7) is 7.29. The average molecular weight is 411 g/mol. The summed E-state index contributed by atoms with van der Waals surface area (Å²) in [4.78, 5) is 40.6. The Hall–Kier alpha value is -2.28. The Morgan fingerprint density at radius 3 is 2.21 bits per heavy atom. The van der Waals surface area contributed by atoms with E-state index in [0.29, 0.717) is 5.02 Å². The Kier molecular flexibility index (Phi) is 6.59. The van der Waals surface area contributed by atoms with Gasteiger partial charge in [0, 0.05) is 18.0 Å². The van der Waals surface area contributed by atoms with Gasteiger partial charge in [0.05, 0.1) is 20.2 Å². The summed E-state index contributed by atoms with van der Waals surface area (Å²) in [7, 11) is 1.27. The van der Waals surface area contributed by atoms with Gasteiger partial charge in [0.2, 0.25) is 5.91 Å². The van der Waals surface area contributed by atoms with Crippen molar-refractivity contribution in [2.75, 3.05) is 20.2 Å². The van der Waals surface area contributed by atoms with Crippen LogP contribution in [0.4, 0.5) is 4.79 Å². The average Bonchev–Trinajstić information content (AvgIpc) is 2.59. The Labute approximate surface area is 170 Å². The van der Waals surface area contributed by atoms with Gasteiger partial charge in [0.25, 0.3) is 0 Å². The van der Waals surface area contributed by atoms with E-state index in [4.69, 9.17) is 21.1 Å². The zero-order valence-corrected chi connectivity index (χ0v) is 17.7. The highest BCUT2D eigenvalue weighted by Gasteiger charge is 2.58. The molecule has 2 rings (SSSR count). The van der Waals surface area contributed by atoms with Gasteiger partial charge >= 0.3 is 12.1 Å². The van der Waals surface area contributed by atoms with Crippen molar-refractivity contribution in [1.29, 1.82) is 0 Å². The summed E-state index contributed by atoms with van der Waals surface area (Å²) in [5, 5.41) is 0.583. The number of hydrogen-bond acceptors (Lipinski definition) is 5. The van der Waals surface area contributed by atoms with Gasteiger partial charge in [-0.1, -0.05) is 30.7 Å². The number of benzene rings is 1. The lowest BCUT2D eigenvalue weighted by Gasteiger charge is -2.53. The molecular weight excluding hydrogens is 384 g/mol. The number of halogens is 1. The molecule has 0 aromatic heterocycles. The van der Waals surface area contributed by atoms with Crippen molar-refractivity contribution in [3.05, 3.63) is 34.9 Å². The van der Waals surface area contributed by atoms with E-state index in [1.54, 1.807) is 52.0 Å². The number of rotatable bonds is 5. The van der Waals surface area contributed by atoms with Crippen LogP contribution in [-0.4, -0.2) is 59.1 Å². The zero-order valence-electron chi connectivity index (χ0n) is 17.0. The van der Waals surface area contributed by atoms with Crippen molar-refractivity contribution in [3.8, 4) is 0 Å². The van der Waals surface area contributed by atoms with Crippen LogP contribution >= 0.6 is 11.6 Å². The second-order valence-corrected chi connectivity index (χ2v) is 8.26. The van der Waals surface area contributed by atoms with Crippen molar-refractivity contribution in [3.63, 3.8) is 0 Å². The van der Waals surface area contributed by atoms with E-state index in [-0.39, 0.29) is 32.0 Å². The van der Waals surface area contributed by atoms with E-state index in [2.05, 4.69) is 0 Å². The number of ether oxygens (including phenoxy) is 2. The lowest BCUT2D eigenvalue weighted by atomic mass is 9.86. The molecule has 1 aromatic rings. The van der Waals surface area contributed by atoms with Crippen LogP contribution in [0.1, 0.15) is 39.7 Å². The summed E-state index contributed by atoms with van der Waals surface area (Å²) in [6.07, 6.45) is -0.305. The van der Waals surface area contributed by atoms with Crippen molar-refractivity contribution < 1.29 is 23.9 Å². The van der Waals surface area contributed by atoms with Crippen molar-refractivity contribution in [2.45, 2.75) is 51.8 Å². The largest absolute Gasteiger partial charge is 0.467 e. The molecule has 1 aliphatic heterocycles. The highest BCUT2D eigenvalue weighted by Crippen LogP contribution is 2.33. The number of esters is 1. The highest BCUT2D eigenvalue weighted by atomic mass is 35.5. The molecule has 28 heavy (non-hydrogen) atoms. The number of amides is 2. The minimum absolute atomic E-state index is 0.0217. The van der Waals surface area contributed by atoms with Gasteiger partial charge in [-0.05, 0) is 38.5 Å². The van der Waals surface area contributed by atoms with Crippen LogP contribution in [0.3, 0.4) is 0 Å². The van der Waals surface area contributed by atoms with Gasteiger partial charge < -0.3 is 19.3 Å². The number of likely N-dealkylation sites (tertiary alicyclic amines) is 1. The first kappa shape index (κ1) is 22.0. The van der Waals surface area contributed by atoms with E-state index in [1.807, 2.05) is 0 Å². The molecule has 0 bridgehead atoms. The maximum atomic E-state index is 12.7. The van der Waals surface area contributed by atoms with Crippen molar-refractivity contribution >= 4 is 29.6 Å². The van der Waals surface area contributed by atoms with Crippen LogP contribution in [0, 0.1) is 0 Å². The molecule has 1 aliphatic rings. The van der Waals surface area contributed by atoms with E-state index in [1.165, 1.54) is 16.9 Å². The fraction of sp³-hybridized carbons (Fsp3) is 0.550. The van der Waals surface area contributed by atoms with Gasteiger partial charge in [0.15, 0.2) is 5.54 Å². The van der Waals surface area contributed by atoms with Gasteiger partial charge in [-0.15, -0.1) is 0 Å². The first-order valence-corrected chi connectivity index (χ1v) is 9.51. The van der Waals surface area contributed by atoms with E-state index < -0.39 is 23.2 Å². The standard InChI is InChI=1S/C20H27ClN2O5/c1-6-16(24)23(11-14-7-9-15(21)10-8-14)20(17(25)27-5)12-22(13-20)18(26)28-19(2,3)4/h7-10H,6,11-13H2,1-5H3. The number of hydrogen-bond donors (Lipinski definition) is 0. The van der Waals surface area contributed by atoms with Crippen LogP contribution in [-0.2, 0) is 25.6 Å². The van der Waals surface area contributed by atoms with E-state index >= 15 is 0 Å². The summed E-state index contributed by atoms with van der Waals surface area (Å²) in [6, 6.07) is 7.05. The number of carbonyl (C=O) groups excluding carboxylic acids is 3. The fourth-order valence-electron chi connectivity index (χ4n) is 3.08. The summed E-state index contributed by atoms with van der Waals surface area (Å²) < 4.78 is 10.3. The van der Waals surface area contributed by atoms with Gasteiger partial charge in [-0.25, -0.2) is 9.59 Å². The molecule has 0 aliphatic carbocycles. The maximum absolute atomic E-state index is 12.7. The third kappa shape index (κ3) is 4.76. The topological polar surface area (TPSA) is 76.2 Å². The number of carbonyl (C=O) groups is 3. The van der Waals surface area contributed by atoms with E-state index in [9.17, 15) is 14.4 Å². The lowest BCUT2D eigenvalue weighted by Crippen LogP contribution is -2.76. The quantitative estimate of drug-likeness (QED) is 0.696. The molecule has 7 nitrogen and oxygen atoms in total.